The minimum absolute atomic E-state index is 0.254. The molecule has 0 unspecified atom stereocenters. The summed E-state index contributed by atoms with van der Waals surface area (Å²) in [7, 11) is 0. The highest BCUT2D eigenvalue weighted by Gasteiger charge is 2.18. The Morgan fingerprint density at radius 2 is 2.05 bits per heavy atom. The lowest BCUT2D eigenvalue weighted by Crippen LogP contribution is -2.17. The molecule has 0 spiro atoms. The number of nitrogens with two attached hydrogens (primary N) is 1. The maximum atomic E-state index is 5.80. The van der Waals surface area contributed by atoms with E-state index < -0.39 is 0 Å². The zero-order valence-electron chi connectivity index (χ0n) is 12.2. The molecule has 0 bridgehead atoms. The third-order valence-electron chi connectivity index (χ3n) is 3.74. The molecule has 1 heterocycles. The lowest BCUT2D eigenvalue weighted by Gasteiger charge is -2.22. The molecule has 0 aliphatic heterocycles. The lowest BCUT2D eigenvalue weighted by molar-refractivity contribution is 0.302. The molecule has 3 heteroatoms. The molecule has 1 aromatic heterocycles. The van der Waals surface area contributed by atoms with Crippen LogP contribution in [-0.2, 0) is 12.8 Å². The molecule has 19 heavy (non-hydrogen) atoms. The first kappa shape index (κ1) is 14.1. The van der Waals surface area contributed by atoms with Crippen molar-refractivity contribution in [3.63, 3.8) is 0 Å². The van der Waals surface area contributed by atoms with E-state index in [0.717, 1.165) is 49.2 Å². The second-order valence-corrected chi connectivity index (χ2v) is 5.97. The Morgan fingerprint density at radius 1 is 1.26 bits per heavy atom. The Labute approximate surface area is 115 Å². The van der Waals surface area contributed by atoms with Gasteiger partial charge in [0.05, 0.1) is 0 Å². The van der Waals surface area contributed by atoms with Crippen LogP contribution in [0.4, 0.5) is 0 Å². The highest BCUT2D eigenvalue weighted by molar-refractivity contribution is 5.73. The van der Waals surface area contributed by atoms with E-state index in [4.69, 9.17) is 10.2 Å². The molecule has 0 aliphatic rings. The van der Waals surface area contributed by atoms with E-state index in [-0.39, 0.29) is 5.41 Å². The summed E-state index contributed by atoms with van der Waals surface area (Å²) in [5.41, 5.74) is 9.06. The van der Waals surface area contributed by atoms with Crippen LogP contribution in [-0.4, -0.2) is 11.5 Å². The largest absolute Gasteiger partial charge is 0.441 e. The van der Waals surface area contributed by atoms with E-state index in [0.29, 0.717) is 0 Å². The van der Waals surface area contributed by atoms with Gasteiger partial charge in [-0.05, 0) is 48.9 Å². The van der Waals surface area contributed by atoms with Crippen molar-refractivity contribution < 1.29 is 4.42 Å². The van der Waals surface area contributed by atoms with E-state index in [1.54, 1.807) is 0 Å². The minimum atomic E-state index is 0.254. The topological polar surface area (TPSA) is 52.0 Å². The van der Waals surface area contributed by atoms with Gasteiger partial charge in [0.25, 0.3) is 0 Å². The van der Waals surface area contributed by atoms with Crippen LogP contribution in [0.25, 0.3) is 11.1 Å². The average molecular weight is 260 g/mol. The molecule has 104 valence electrons. The number of aryl methyl sites for hydroxylation is 2. The van der Waals surface area contributed by atoms with E-state index in [2.05, 4.69) is 37.9 Å². The number of fused-ring (bicyclic) bond motifs is 1. The first-order valence-electron chi connectivity index (χ1n) is 7.12. The molecule has 1 aromatic carbocycles. The zero-order valence-corrected chi connectivity index (χ0v) is 12.2. The third kappa shape index (κ3) is 3.57. The number of nitrogens with zero attached hydrogens (tertiary/aromatic N) is 1. The van der Waals surface area contributed by atoms with Crippen molar-refractivity contribution in [2.24, 2.45) is 11.1 Å². The number of rotatable bonds is 6. The predicted octanol–water partition coefficient (Wildman–Crippen LogP) is 3.70. The van der Waals surface area contributed by atoms with Crippen LogP contribution in [0, 0.1) is 5.41 Å². The van der Waals surface area contributed by atoms with Crippen molar-refractivity contribution in [1.29, 1.82) is 0 Å². The summed E-state index contributed by atoms with van der Waals surface area (Å²) in [4.78, 5) is 4.59. The van der Waals surface area contributed by atoms with Gasteiger partial charge in [0, 0.05) is 6.42 Å². The van der Waals surface area contributed by atoms with Gasteiger partial charge in [-0.1, -0.05) is 26.8 Å². The first-order chi connectivity index (χ1) is 9.04. The molecule has 0 aliphatic carbocycles. The van der Waals surface area contributed by atoms with Crippen molar-refractivity contribution in [3.8, 4) is 0 Å². The fourth-order valence-electron chi connectivity index (χ4n) is 2.31. The van der Waals surface area contributed by atoms with Gasteiger partial charge in [-0.2, -0.15) is 0 Å². The van der Waals surface area contributed by atoms with Gasteiger partial charge in [0.15, 0.2) is 11.5 Å². The Balaban J connectivity index is 2.09. The molecule has 0 amide bonds. The number of aromatic nitrogens is 1. The van der Waals surface area contributed by atoms with E-state index in [1.807, 2.05) is 6.07 Å². The normalized spacial score (nSPS) is 12.2. The van der Waals surface area contributed by atoms with E-state index in [1.165, 1.54) is 5.56 Å². The maximum absolute atomic E-state index is 5.80. The molecule has 2 N–H and O–H groups in total. The Bertz CT molecular complexity index is 543. The molecule has 2 rings (SSSR count). The van der Waals surface area contributed by atoms with Crippen LogP contribution in [0.3, 0.4) is 0 Å². The van der Waals surface area contributed by atoms with E-state index in [9.17, 15) is 0 Å². The van der Waals surface area contributed by atoms with Crippen molar-refractivity contribution in [1.82, 2.24) is 4.98 Å². The molecule has 0 fully saturated rings. The minimum Gasteiger partial charge on any atom is -0.441 e. The summed E-state index contributed by atoms with van der Waals surface area (Å²) in [6.45, 7) is 7.38. The second kappa shape index (κ2) is 5.74. The maximum Gasteiger partial charge on any atom is 0.195 e. The second-order valence-electron chi connectivity index (χ2n) is 5.97. The first-order valence-corrected chi connectivity index (χ1v) is 7.12. The smallest absolute Gasteiger partial charge is 0.195 e. The molecule has 0 saturated heterocycles. The Morgan fingerprint density at radius 3 is 2.74 bits per heavy atom. The summed E-state index contributed by atoms with van der Waals surface area (Å²) in [5, 5.41) is 0. The number of benzene rings is 1. The Kier molecular flexibility index (Phi) is 4.25. The van der Waals surface area contributed by atoms with Gasteiger partial charge in [-0.15, -0.1) is 0 Å². The van der Waals surface area contributed by atoms with Crippen molar-refractivity contribution in [3.05, 3.63) is 29.7 Å². The molecule has 0 saturated carbocycles. The summed E-state index contributed by atoms with van der Waals surface area (Å²) >= 11 is 0. The Hall–Kier alpha value is -1.35. The molecule has 2 aromatic rings. The van der Waals surface area contributed by atoms with Crippen molar-refractivity contribution in [2.45, 2.75) is 46.5 Å². The molecule has 0 atom stereocenters. The number of hydrogen-bond acceptors (Lipinski definition) is 3. The summed E-state index contributed by atoms with van der Waals surface area (Å²) in [6.07, 6.45) is 4.00. The van der Waals surface area contributed by atoms with Gasteiger partial charge in [0.2, 0.25) is 0 Å². The van der Waals surface area contributed by atoms with Crippen molar-refractivity contribution >= 4 is 11.1 Å². The quantitative estimate of drug-likeness (QED) is 0.861. The fourth-order valence-corrected chi connectivity index (χ4v) is 2.31. The summed E-state index contributed by atoms with van der Waals surface area (Å²) in [5.74, 6) is 0.841. The van der Waals surface area contributed by atoms with Gasteiger partial charge < -0.3 is 10.2 Å². The molecular weight excluding hydrogens is 236 g/mol. The monoisotopic (exact) mass is 260 g/mol. The average Bonchev–Trinajstić information content (AvgIpc) is 2.78. The van der Waals surface area contributed by atoms with Gasteiger partial charge >= 0.3 is 0 Å². The third-order valence-corrected chi connectivity index (χ3v) is 3.74. The van der Waals surface area contributed by atoms with E-state index >= 15 is 0 Å². The van der Waals surface area contributed by atoms with Crippen LogP contribution >= 0.6 is 0 Å². The number of oxazole rings is 1. The molecule has 0 radical (unpaired) electrons. The van der Waals surface area contributed by atoms with Crippen LogP contribution in [0.15, 0.2) is 22.6 Å². The highest BCUT2D eigenvalue weighted by Crippen LogP contribution is 2.27. The highest BCUT2D eigenvalue weighted by atomic mass is 16.3. The fraction of sp³-hybridized carbons (Fsp3) is 0.562. The standard InChI is InChI=1S/C16H24N2O/c1-4-12-5-6-14-13(11-12)18-15(19-14)7-8-16(2,3)9-10-17/h5-6,11H,4,7-10,17H2,1-3H3. The van der Waals surface area contributed by atoms with Gasteiger partial charge in [-0.25, -0.2) is 4.98 Å². The van der Waals surface area contributed by atoms with Gasteiger partial charge in [-0.3, -0.25) is 0 Å². The summed E-state index contributed by atoms with van der Waals surface area (Å²) < 4.78 is 5.80. The van der Waals surface area contributed by atoms with Crippen LogP contribution in [0.2, 0.25) is 0 Å². The van der Waals surface area contributed by atoms with Crippen LogP contribution in [0.1, 0.15) is 45.1 Å². The van der Waals surface area contributed by atoms with Crippen LogP contribution < -0.4 is 5.73 Å². The zero-order chi connectivity index (χ0) is 13.9. The van der Waals surface area contributed by atoms with Gasteiger partial charge in [0.1, 0.15) is 5.52 Å². The molecular formula is C16H24N2O. The SMILES string of the molecule is CCc1ccc2oc(CCC(C)(C)CCN)nc2c1. The lowest BCUT2D eigenvalue weighted by atomic mass is 9.84. The predicted molar refractivity (Wildman–Crippen MR) is 79.2 cm³/mol. The molecule has 3 nitrogen and oxygen atoms in total. The summed E-state index contributed by atoms with van der Waals surface area (Å²) in [6, 6.07) is 6.25. The van der Waals surface area contributed by atoms with Crippen molar-refractivity contribution in [2.75, 3.05) is 6.54 Å². The van der Waals surface area contributed by atoms with Crippen LogP contribution in [0.5, 0.6) is 0 Å². The number of hydrogen-bond donors (Lipinski definition) is 1.